The molecule has 2 aromatic rings. The van der Waals surface area contributed by atoms with Crippen LogP contribution in [0.3, 0.4) is 0 Å². The summed E-state index contributed by atoms with van der Waals surface area (Å²) in [5.41, 5.74) is 1.54. The van der Waals surface area contributed by atoms with Crippen LogP contribution in [0.25, 0.3) is 0 Å². The number of halogens is 1. The van der Waals surface area contributed by atoms with Gasteiger partial charge in [-0.3, -0.25) is 0 Å². The maximum absolute atomic E-state index is 12.9. The molecule has 16 heavy (non-hydrogen) atoms. The van der Waals surface area contributed by atoms with Gasteiger partial charge in [-0.05, 0) is 49.2 Å². The van der Waals surface area contributed by atoms with Crippen LogP contribution in [0.4, 0.5) is 4.39 Å². The van der Waals surface area contributed by atoms with Crippen LogP contribution in [0.2, 0.25) is 0 Å². The molecule has 0 fully saturated rings. The molecule has 0 aliphatic rings. The minimum Gasteiger partial charge on any atom is -0.383 e. The number of thiophene rings is 1. The van der Waals surface area contributed by atoms with Gasteiger partial charge in [0.1, 0.15) is 11.9 Å². The molecule has 0 aliphatic carbocycles. The lowest BCUT2D eigenvalue weighted by atomic mass is 10.0. The highest BCUT2D eigenvalue weighted by Gasteiger charge is 2.14. The van der Waals surface area contributed by atoms with E-state index in [2.05, 4.69) is 0 Å². The van der Waals surface area contributed by atoms with Crippen molar-refractivity contribution in [3.8, 4) is 0 Å². The number of hydrogen-bond acceptors (Lipinski definition) is 2. The van der Waals surface area contributed by atoms with Gasteiger partial charge in [-0.25, -0.2) is 4.39 Å². The molecule has 1 aromatic heterocycles. The molecule has 3 heteroatoms. The minimum atomic E-state index is -0.653. The lowest BCUT2D eigenvalue weighted by Crippen LogP contribution is -2.00. The highest BCUT2D eigenvalue weighted by atomic mass is 32.1. The lowest BCUT2D eigenvalue weighted by Gasteiger charge is -2.11. The Morgan fingerprint density at radius 3 is 2.50 bits per heavy atom. The topological polar surface area (TPSA) is 20.2 Å². The number of rotatable bonds is 2. The predicted octanol–water partition coefficient (Wildman–Crippen LogP) is 3.59. The highest BCUT2D eigenvalue weighted by Crippen LogP contribution is 2.30. The molecule has 0 bridgehead atoms. The number of aliphatic hydroxyl groups excluding tert-OH is 1. The number of aryl methyl sites for hydroxylation is 2. The summed E-state index contributed by atoms with van der Waals surface area (Å²) in [6.45, 7) is 3.81. The van der Waals surface area contributed by atoms with Crippen molar-refractivity contribution in [2.24, 2.45) is 0 Å². The van der Waals surface area contributed by atoms with Crippen molar-refractivity contribution in [2.75, 3.05) is 0 Å². The van der Waals surface area contributed by atoms with Gasteiger partial charge in [0.15, 0.2) is 0 Å². The van der Waals surface area contributed by atoms with Crippen LogP contribution in [0.1, 0.15) is 27.0 Å². The third-order valence-corrected chi connectivity index (χ3v) is 3.61. The summed E-state index contributed by atoms with van der Waals surface area (Å²) in [5.74, 6) is -0.268. The van der Waals surface area contributed by atoms with Gasteiger partial charge in [0.2, 0.25) is 0 Å². The van der Waals surface area contributed by atoms with Gasteiger partial charge in [-0.2, -0.15) is 0 Å². The van der Waals surface area contributed by atoms with E-state index >= 15 is 0 Å². The first kappa shape index (κ1) is 11.3. The summed E-state index contributed by atoms with van der Waals surface area (Å²) in [6, 6.07) is 8.35. The van der Waals surface area contributed by atoms with Gasteiger partial charge in [0, 0.05) is 9.75 Å². The zero-order valence-electron chi connectivity index (χ0n) is 9.20. The summed E-state index contributed by atoms with van der Waals surface area (Å²) in [4.78, 5) is 2.06. The first-order valence-electron chi connectivity index (χ1n) is 5.08. The average Bonchev–Trinajstić information content (AvgIpc) is 2.64. The van der Waals surface area contributed by atoms with Crippen LogP contribution >= 0.6 is 11.3 Å². The zero-order chi connectivity index (χ0) is 11.7. The van der Waals surface area contributed by atoms with Crippen molar-refractivity contribution in [1.82, 2.24) is 0 Å². The summed E-state index contributed by atoms with van der Waals surface area (Å²) in [7, 11) is 0. The second-order valence-electron chi connectivity index (χ2n) is 3.85. The van der Waals surface area contributed by atoms with Crippen LogP contribution in [0, 0.1) is 19.7 Å². The monoisotopic (exact) mass is 236 g/mol. The smallest absolute Gasteiger partial charge is 0.123 e. The van der Waals surface area contributed by atoms with Crippen molar-refractivity contribution in [2.45, 2.75) is 20.0 Å². The normalized spacial score (nSPS) is 12.8. The van der Waals surface area contributed by atoms with E-state index in [0.29, 0.717) is 0 Å². The standard InChI is InChI=1S/C13H13FOS/c1-8-7-10(14)4-5-11(8)13(15)12-6-3-9(2)16-12/h3-7,13,15H,1-2H3/t13-/m0/s1. The molecule has 0 spiro atoms. The molecule has 0 saturated heterocycles. The molecule has 0 saturated carbocycles. The van der Waals surface area contributed by atoms with E-state index in [4.69, 9.17) is 0 Å². The molecule has 0 unspecified atom stereocenters. The van der Waals surface area contributed by atoms with Gasteiger partial charge < -0.3 is 5.11 Å². The van der Waals surface area contributed by atoms with E-state index in [0.717, 1.165) is 20.9 Å². The summed E-state index contributed by atoms with van der Waals surface area (Å²) in [5, 5.41) is 10.2. The Balaban J connectivity index is 2.37. The summed E-state index contributed by atoms with van der Waals surface area (Å²) >= 11 is 1.56. The van der Waals surface area contributed by atoms with E-state index in [1.807, 2.05) is 26.0 Å². The Labute approximate surface area is 98.2 Å². The third-order valence-electron chi connectivity index (χ3n) is 2.56. The fourth-order valence-electron chi connectivity index (χ4n) is 1.70. The van der Waals surface area contributed by atoms with Crippen molar-refractivity contribution in [3.63, 3.8) is 0 Å². The average molecular weight is 236 g/mol. The molecular weight excluding hydrogens is 223 g/mol. The molecule has 1 nitrogen and oxygen atoms in total. The molecule has 1 atom stereocenters. The zero-order valence-corrected chi connectivity index (χ0v) is 10.0. The quantitative estimate of drug-likeness (QED) is 0.845. The first-order chi connectivity index (χ1) is 7.58. The Bertz CT molecular complexity index is 504. The fraction of sp³-hybridized carbons (Fsp3) is 0.231. The summed E-state index contributed by atoms with van der Waals surface area (Å²) < 4.78 is 12.9. The maximum atomic E-state index is 12.9. The van der Waals surface area contributed by atoms with E-state index < -0.39 is 6.10 Å². The van der Waals surface area contributed by atoms with Gasteiger partial charge in [0.25, 0.3) is 0 Å². The lowest BCUT2D eigenvalue weighted by molar-refractivity contribution is 0.223. The van der Waals surface area contributed by atoms with Gasteiger partial charge in [-0.15, -0.1) is 11.3 Å². The molecule has 1 aromatic carbocycles. The van der Waals surface area contributed by atoms with Gasteiger partial charge in [-0.1, -0.05) is 6.07 Å². The Morgan fingerprint density at radius 1 is 1.19 bits per heavy atom. The van der Waals surface area contributed by atoms with Crippen molar-refractivity contribution >= 4 is 11.3 Å². The predicted molar refractivity (Wildman–Crippen MR) is 64.3 cm³/mol. The molecule has 0 aliphatic heterocycles. The maximum Gasteiger partial charge on any atom is 0.123 e. The van der Waals surface area contributed by atoms with Crippen molar-refractivity contribution < 1.29 is 9.50 Å². The number of hydrogen-bond donors (Lipinski definition) is 1. The van der Waals surface area contributed by atoms with Gasteiger partial charge >= 0.3 is 0 Å². The first-order valence-corrected chi connectivity index (χ1v) is 5.90. The molecule has 1 N–H and O–H groups in total. The van der Waals surface area contributed by atoms with Crippen LogP contribution in [-0.2, 0) is 0 Å². The van der Waals surface area contributed by atoms with Gasteiger partial charge in [0.05, 0.1) is 0 Å². The SMILES string of the molecule is Cc1ccc([C@@H](O)c2ccc(F)cc2C)s1. The Morgan fingerprint density at radius 2 is 1.94 bits per heavy atom. The van der Waals surface area contributed by atoms with Crippen LogP contribution in [-0.4, -0.2) is 5.11 Å². The minimum absolute atomic E-state index is 0.268. The Hall–Kier alpha value is -1.19. The molecule has 0 radical (unpaired) electrons. The second-order valence-corrected chi connectivity index (χ2v) is 5.17. The number of benzene rings is 1. The second kappa shape index (κ2) is 4.36. The van der Waals surface area contributed by atoms with E-state index in [-0.39, 0.29) is 5.82 Å². The molecular formula is C13H13FOS. The van der Waals surface area contributed by atoms with Crippen molar-refractivity contribution in [3.05, 3.63) is 57.0 Å². The molecule has 2 rings (SSSR count). The van der Waals surface area contributed by atoms with Crippen molar-refractivity contribution in [1.29, 1.82) is 0 Å². The largest absolute Gasteiger partial charge is 0.383 e. The highest BCUT2D eigenvalue weighted by molar-refractivity contribution is 7.12. The van der Waals surface area contributed by atoms with Crippen LogP contribution in [0.5, 0.6) is 0 Å². The van der Waals surface area contributed by atoms with Crippen LogP contribution in [0.15, 0.2) is 30.3 Å². The van der Waals surface area contributed by atoms with E-state index in [1.165, 1.54) is 12.1 Å². The molecule has 0 amide bonds. The third kappa shape index (κ3) is 2.15. The molecule has 1 heterocycles. The fourth-order valence-corrected chi connectivity index (χ4v) is 2.58. The van der Waals surface area contributed by atoms with Crippen LogP contribution < -0.4 is 0 Å². The van der Waals surface area contributed by atoms with E-state index in [9.17, 15) is 9.50 Å². The Kier molecular flexibility index (Phi) is 3.08. The summed E-state index contributed by atoms with van der Waals surface area (Å²) in [6.07, 6.45) is -0.653. The number of aliphatic hydroxyl groups is 1. The van der Waals surface area contributed by atoms with E-state index in [1.54, 1.807) is 17.4 Å². The molecule has 84 valence electrons.